The van der Waals surface area contributed by atoms with Crippen molar-refractivity contribution in [2.24, 2.45) is 0 Å². The molecule has 0 saturated heterocycles. The van der Waals surface area contributed by atoms with E-state index in [-0.39, 0.29) is 18.2 Å². The average Bonchev–Trinajstić information content (AvgIpc) is 2.88. The minimum absolute atomic E-state index is 0.223. The molecular formula is C34H51N3O4. The standard InChI is InChI=1S/C34H51N3O4/c1-10-12-16-21-35-30(38)29(27-20-19-24(3)22-25(27)4)37(34(8,9)11-2)31(39)28(23-26-17-14-13-15-18-26)36-32(40)41-33(5,6)7/h13-15,17-20,22,28-29H,10-12,16,21,23H2,1-9H3,(H,35,38)(H,36,40). The number of benzene rings is 2. The topological polar surface area (TPSA) is 87.7 Å². The molecule has 0 bridgehead atoms. The predicted molar refractivity (Wildman–Crippen MR) is 166 cm³/mol. The van der Waals surface area contributed by atoms with E-state index in [0.717, 1.165) is 41.5 Å². The lowest BCUT2D eigenvalue weighted by Crippen LogP contribution is -2.60. The highest BCUT2D eigenvalue weighted by molar-refractivity contribution is 5.93. The third kappa shape index (κ3) is 10.2. The van der Waals surface area contributed by atoms with Crippen molar-refractivity contribution in [3.8, 4) is 0 Å². The van der Waals surface area contributed by atoms with Crippen molar-refractivity contribution in [3.05, 3.63) is 70.8 Å². The largest absolute Gasteiger partial charge is 0.444 e. The molecule has 7 heteroatoms. The number of hydrogen-bond acceptors (Lipinski definition) is 4. The quantitative estimate of drug-likeness (QED) is 0.261. The van der Waals surface area contributed by atoms with E-state index in [1.54, 1.807) is 25.7 Å². The molecule has 0 aliphatic rings. The van der Waals surface area contributed by atoms with Gasteiger partial charge in [-0.15, -0.1) is 0 Å². The number of carbonyl (C=O) groups excluding carboxylic acids is 3. The van der Waals surface area contributed by atoms with Crippen molar-refractivity contribution < 1.29 is 19.1 Å². The molecule has 0 aromatic heterocycles. The molecule has 41 heavy (non-hydrogen) atoms. The Labute approximate surface area is 247 Å². The normalized spacial score (nSPS) is 13.2. The lowest BCUT2D eigenvalue weighted by atomic mass is 9.89. The number of hydrogen-bond donors (Lipinski definition) is 2. The SMILES string of the molecule is CCCCCNC(=O)C(c1ccc(C)cc1C)N(C(=O)C(Cc1ccccc1)NC(=O)OC(C)(C)C)C(C)(C)CC. The molecule has 0 aliphatic carbocycles. The first-order chi connectivity index (χ1) is 19.2. The van der Waals surface area contributed by atoms with Crippen LogP contribution >= 0.6 is 0 Å². The van der Waals surface area contributed by atoms with Crippen molar-refractivity contribution >= 4 is 17.9 Å². The van der Waals surface area contributed by atoms with Crippen LogP contribution in [0.5, 0.6) is 0 Å². The van der Waals surface area contributed by atoms with Gasteiger partial charge >= 0.3 is 6.09 Å². The van der Waals surface area contributed by atoms with Gasteiger partial charge < -0.3 is 20.3 Å². The highest BCUT2D eigenvalue weighted by atomic mass is 16.6. The summed E-state index contributed by atoms with van der Waals surface area (Å²) in [4.78, 5) is 43.4. The van der Waals surface area contributed by atoms with Gasteiger partial charge in [0.15, 0.2) is 0 Å². The molecule has 0 fully saturated rings. The average molecular weight is 566 g/mol. The number of nitrogens with one attached hydrogen (secondary N) is 2. The highest BCUT2D eigenvalue weighted by Gasteiger charge is 2.43. The fourth-order valence-corrected chi connectivity index (χ4v) is 4.83. The van der Waals surface area contributed by atoms with Gasteiger partial charge in [0.05, 0.1) is 0 Å². The predicted octanol–water partition coefficient (Wildman–Crippen LogP) is 6.80. The van der Waals surface area contributed by atoms with Crippen molar-refractivity contribution in [2.45, 2.75) is 118 Å². The van der Waals surface area contributed by atoms with E-state index < -0.39 is 29.3 Å². The van der Waals surface area contributed by atoms with Crippen LogP contribution < -0.4 is 10.6 Å². The Hall–Kier alpha value is -3.35. The molecule has 7 nitrogen and oxygen atoms in total. The summed E-state index contributed by atoms with van der Waals surface area (Å²) in [6.07, 6.45) is 3.11. The number of amides is 3. The first kappa shape index (κ1) is 33.9. The van der Waals surface area contributed by atoms with Gasteiger partial charge in [-0.05, 0) is 78.0 Å². The number of unbranched alkanes of at least 4 members (excludes halogenated alkanes) is 2. The number of alkyl carbamates (subject to hydrolysis) is 1. The van der Waals surface area contributed by atoms with E-state index in [1.807, 2.05) is 83.1 Å². The van der Waals surface area contributed by atoms with Crippen molar-refractivity contribution in [2.75, 3.05) is 6.54 Å². The molecule has 2 N–H and O–H groups in total. The maximum absolute atomic E-state index is 14.7. The fraction of sp³-hybridized carbons (Fsp3) is 0.559. The van der Waals surface area contributed by atoms with Crippen LogP contribution in [-0.2, 0) is 20.7 Å². The molecule has 2 rings (SSSR count). The second kappa shape index (κ2) is 15.0. The van der Waals surface area contributed by atoms with Gasteiger partial charge in [-0.2, -0.15) is 0 Å². The minimum atomic E-state index is -0.945. The Kier molecular flexibility index (Phi) is 12.4. The van der Waals surface area contributed by atoms with E-state index >= 15 is 0 Å². The molecule has 3 amide bonds. The number of ether oxygens (including phenoxy) is 1. The van der Waals surface area contributed by atoms with Crippen molar-refractivity contribution in [3.63, 3.8) is 0 Å². The fourth-order valence-electron chi connectivity index (χ4n) is 4.83. The maximum atomic E-state index is 14.7. The molecule has 0 spiro atoms. The molecule has 0 heterocycles. The Balaban J connectivity index is 2.64. The van der Waals surface area contributed by atoms with Gasteiger partial charge in [-0.25, -0.2) is 4.79 Å². The second-order valence-electron chi connectivity index (χ2n) is 12.5. The molecule has 0 radical (unpaired) electrons. The molecule has 2 atom stereocenters. The van der Waals surface area contributed by atoms with Gasteiger partial charge in [-0.1, -0.05) is 80.8 Å². The molecular weight excluding hydrogens is 514 g/mol. The number of nitrogens with zero attached hydrogens (tertiary/aromatic N) is 1. The van der Waals surface area contributed by atoms with E-state index in [2.05, 4.69) is 17.6 Å². The van der Waals surface area contributed by atoms with Crippen molar-refractivity contribution in [1.82, 2.24) is 15.5 Å². The lowest BCUT2D eigenvalue weighted by Gasteiger charge is -2.45. The number of aryl methyl sites for hydroxylation is 2. The zero-order chi connectivity index (χ0) is 30.8. The molecule has 2 aromatic rings. The van der Waals surface area contributed by atoms with E-state index in [1.165, 1.54) is 0 Å². The Morgan fingerprint density at radius 1 is 0.927 bits per heavy atom. The molecule has 226 valence electrons. The Morgan fingerprint density at radius 2 is 1.59 bits per heavy atom. The van der Waals surface area contributed by atoms with Gasteiger partial charge in [0.2, 0.25) is 11.8 Å². The number of rotatable bonds is 13. The van der Waals surface area contributed by atoms with E-state index in [0.29, 0.717) is 13.0 Å². The minimum Gasteiger partial charge on any atom is -0.444 e. The van der Waals surface area contributed by atoms with E-state index in [4.69, 9.17) is 4.74 Å². The molecule has 2 aromatic carbocycles. The van der Waals surface area contributed by atoms with Crippen LogP contribution in [0, 0.1) is 13.8 Å². The van der Waals surface area contributed by atoms with Crippen LogP contribution in [0.25, 0.3) is 0 Å². The van der Waals surface area contributed by atoms with Gasteiger partial charge in [-0.3, -0.25) is 9.59 Å². The van der Waals surface area contributed by atoms with Crippen LogP contribution in [0.4, 0.5) is 4.79 Å². The summed E-state index contributed by atoms with van der Waals surface area (Å²) in [6, 6.07) is 13.7. The summed E-state index contributed by atoms with van der Waals surface area (Å²) < 4.78 is 5.55. The third-order valence-electron chi connectivity index (χ3n) is 7.33. The zero-order valence-electron chi connectivity index (χ0n) is 26.6. The van der Waals surface area contributed by atoms with Crippen LogP contribution in [0.1, 0.15) is 102 Å². The zero-order valence-corrected chi connectivity index (χ0v) is 26.6. The summed E-state index contributed by atoms with van der Waals surface area (Å²) in [5.74, 6) is -0.557. The van der Waals surface area contributed by atoms with E-state index in [9.17, 15) is 14.4 Å². The third-order valence-corrected chi connectivity index (χ3v) is 7.33. The van der Waals surface area contributed by atoms with Gasteiger partial charge in [0.25, 0.3) is 0 Å². The molecule has 0 saturated carbocycles. The Bertz CT molecular complexity index is 1150. The monoisotopic (exact) mass is 565 g/mol. The second-order valence-corrected chi connectivity index (χ2v) is 12.5. The molecule has 2 unspecified atom stereocenters. The van der Waals surface area contributed by atoms with Crippen LogP contribution in [0.3, 0.4) is 0 Å². The van der Waals surface area contributed by atoms with Crippen molar-refractivity contribution in [1.29, 1.82) is 0 Å². The first-order valence-electron chi connectivity index (χ1n) is 14.9. The summed E-state index contributed by atoms with van der Waals surface area (Å²) in [5.41, 5.74) is 2.24. The summed E-state index contributed by atoms with van der Waals surface area (Å²) >= 11 is 0. The van der Waals surface area contributed by atoms with Crippen LogP contribution in [-0.4, -0.2) is 46.5 Å². The lowest BCUT2D eigenvalue weighted by molar-refractivity contribution is -0.149. The number of carbonyl (C=O) groups is 3. The van der Waals surface area contributed by atoms with Gasteiger partial charge in [0.1, 0.15) is 17.7 Å². The van der Waals surface area contributed by atoms with Crippen LogP contribution in [0.15, 0.2) is 48.5 Å². The summed E-state index contributed by atoms with van der Waals surface area (Å²) in [7, 11) is 0. The maximum Gasteiger partial charge on any atom is 0.408 e. The smallest absolute Gasteiger partial charge is 0.408 e. The highest BCUT2D eigenvalue weighted by Crippen LogP contribution is 2.34. The van der Waals surface area contributed by atoms with Crippen LogP contribution in [0.2, 0.25) is 0 Å². The summed E-state index contributed by atoms with van der Waals surface area (Å²) in [5, 5.41) is 5.95. The summed E-state index contributed by atoms with van der Waals surface area (Å²) in [6.45, 7) is 17.9. The molecule has 0 aliphatic heterocycles. The first-order valence-corrected chi connectivity index (χ1v) is 14.9. The van der Waals surface area contributed by atoms with Gasteiger partial charge in [0, 0.05) is 18.5 Å². The Morgan fingerprint density at radius 3 is 2.15 bits per heavy atom.